The summed E-state index contributed by atoms with van der Waals surface area (Å²) in [7, 11) is 0. The van der Waals surface area contributed by atoms with E-state index in [1.165, 1.54) is 5.56 Å². The van der Waals surface area contributed by atoms with Crippen molar-refractivity contribution in [3.63, 3.8) is 0 Å². The van der Waals surface area contributed by atoms with E-state index < -0.39 is 0 Å². The Kier molecular flexibility index (Phi) is 5.53. The predicted octanol–water partition coefficient (Wildman–Crippen LogP) is 5.90. The maximum absolute atomic E-state index is 6.31. The highest BCUT2D eigenvalue weighted by Gasteiger charge is 2.42. The van der Waals surface area contributed by atoms with E-state index in [1.54, 1.807) is 24.2 Å². The zero-order valence-corrected chi connectivity index (χ0v) is 18.5. The Morgan fingerprint density at radius 1 is 1.06 bits per heavy atom. The van der Waals surface area contributed by atoms with E-state index in [4.69, 9.17) is 21.1 Å². The molecule has 0 bridgehead atoms. The molecule has 7 heteroatoms. The number of furan rings is 2. The Hall–Kier alpha value is -3.03. The average molecular weight is 448 g/mol. The van der Waals surface area contributed by atoms with Crippen LogP contribution in [0.25, 0.3) is 0 Å². The van der Waals surface area contributed by atoms with Crippen LogP contribution in [0.5, 0.6) is 0 Å². The molecule has 1 aliphatic heterocycles. The third-order valence-corrected chi connectivity index (χ3v) is 6.52. The van der Waals surface area contributed by atoms with Crippen molar-refractivity contribution >= 4 is 29.1 Å². The lowest BCUT2D eigenvalue weighted by Crippen LogP contribution is -2.28. The van der Waals surface area contributed by atoms with Crippen LogP contribution in [0, 0.1) is 6.92 Å². The van der Waals surface area contributed by atoms with Crippen LogP contribution in [-0.4, -0.2) is 15.0 Å². The van der Waals surface area contributed by atoms with Crippen molar-refractivity contribution in [2.75, 3.05) is 0 Å². The number of hydrogen-bond acceptors (Lipinski definition) is 5. The van der Waals surface area contributed by atoms with Gasteiger partial charge >= 0.3 is 0 Å². The molecule has 156 valence electrons. The van der Waals surface area contributed by atoms with E-state index in [9.17, 15) is 0 Å². The molecule has 1 N–H and O–H groups in total. The van der Waals surface area contributed by atoms with Crippen molar-refractivity contribution in [3.8, 4) is 0 Å². The minimum Gasteiger partial charge on any atom is -0.467 e. The Morgan fingerprint density at radius 3 is 2.68 bits per heavy atom. The van der Waals surface area contributed by atoms with Gasteiger partial charge in [-0.15, -0.1) is 0 Å². The van der Waals surface area contributed by atoms with Gasteiger partial charge in [-0.2, -0.15) is 0 Å². The van der Waals surface area contributed by atoms with Crippen LogP contribution in [0.4, 0.5) is 0 Å². The summed E-state index contributed by atoms with van der Waals surface area (Å²) in [6, 6.07) is 22.0. The molecule has 4 aromatic rings. The Bertz CT molecular complexity index is 1160. The Labute approximate surface area is 190 Å². The molecule has 5 nitrogen and oxygen atoms in total. The second-order valence-corrected chi connectivity index (χ2v) is 8.87. The van der Waals surface area contributed by atoms with Crippen molar-refractivity contribution in [2.45, 2.75) is 35.5 Å². The van der Waals surface area contributed by atoms with Gasteiger partial charge in [-0.1, -0.05) is 35.5 Å². The summed E-state index contributed by atoms with van der Waals surface area (Å²) in [6.45, 7) is 2.63. The van der Waals surface area contributed by atoms with Crippen molar-refractivity contribution in [3.05, 3.63) is 102 Å². The summed E-state index contributed by atoms with van der Waals surface area (Å²) in [5.41, 5.74) is 2.16. The second kappa shape index (κ2) is 8.61. The van der Waals surface area contributed by atoms with E-state index in [1.807, 2.05) is 42.5 Å². The number of nitrogens with zero attached hydrogens (tertiary/aromatic N) is 2. The number of aryl methyl sites for hydroxylation is 1. The predicted molar refractivity (Wildman–Crippen MR) is 124 cm³/mol. The van der Waals surface area contributed by atoms with Gasteiger partial charge in [0.25, 0.3) is 0 Å². The summed E-state index contributed by atoms with van der Waals surface area (Å²) in [6.07, 6.45) is 3.48. The quantitative estimate of drug-likeness (QED) is 0.369. The van der Waals surface area contributed by atoms with Crippen LogP contribution in [0.1, 0.15) is 34.9 Å². The Balaban J connectivity index is 1.46. The fourth-order valence-corrected chi connectivity index (χ4v) is 4.81. The first-order valence-electron chi connectivity index (χ1n) is 10.0. The Morgan fingerprint density at radius 2 is 1.94 bits per heavy atom. The van der Waals surface area contributed by atoms with Gasteiger partial charge in [0.15, 0.2) is 10.2 Å². The van der Waals surface area contributed by atoms with Gasteiger partial charge < -0.3 is 19.1 Å². The van der Waals surface area contributed by atoms with Gasteiger partial charge in [0.05, 0.1) is 24.5 Å². The lowest BCUT2D eigenvalue weighted by atomic mass is 10.0. The minimum atomic E-state index is -0.139. The first-order valence-corrected chi connectivity index (χ1v) is 11.2. The molecular formula is C24H21N3O2S2. The molecule has 0 aliphatic carbocycles. The van der Waals surface area contributed by atoms with Crippen molar-refractivity contribution < 1.29 is 8.83 Å². The zero-order chi connectivity index (χ0) is 21.2. The fourth-order valence-electron chi connectivity index (χ4n) is 3.73. The molecule has 2 atom stereocenters. The molecule has 5 rings (SSSR count). The molecule has 0 saturated carbocycles. The van der Waals surface area contributed by atoms with Gasteiger partial charge in [0.1, 0.15) is 17.6 Å². The number of nitrogens with one attached hydrogen (secondary N) is 1. The fraction of sp³-hybridized carbons (Fsp3) is 0.167. The normalized spacial score (nSPS) is 18.4. The lowest BCUT2D eigenvalue weighted by Gasteiger charge is -2.25. The van der Waals surface area contributed by atoms with Crippen LogP contribution in [0.3, 0.4) is 0 Å². The zero-order valence-electron chi connectivity index (χ0n) is 16.9. The van der Waals surface area contributed by atoms with Crippen molar-refractivity contribution in [2.24, 2.45) is 0 Å². The summed E-state index contributed by atoms with van der Waals surface area (Å²) < 4.78 is 11.9. The molecule has 1 aliphatic rings. The minimum absolute atomic E-state index is 0.118. The highest BCUT2D eigenvalue weighted by molar-refractivity contribution is 7.99. The molecule has 4 heterocycles. The van der Waals surface area contributed by atoms with Gasteiger partial charge in [-0.05, 0) is 67.7 Å². The first kappa shape index (κ1) is 19.9. The van der Waals surface area contributed by atoms with Gasteiger partial charge in [-0.3, -0.25) is 4.98 Å². The van der Waals surface area contributed by atoms with Crippen LogP contribution < -0.4 is 5.32 Å². The summed E-state index contributed by atoms with van der Waals surface area (Å²) >= 11 is 7.30. The summed E-state index contributed by atoms with van der Waals surface area (Å²) in [5.74, 6) is 1.68. The van der Waals surface area contributed by atoms with Crippen molar-refractivity contribution in [1.82, 2.24) is 15.2 Å². The largest absolute Gasteiger partial charge is 0.467 e. The number of rotatable bonds is 6. The monoisotopic (exact) mass is 447 g/mol. The summed E-state index contributed by atoms with van der Waals surface area (Å²) in [4.78, 5) is 7.81. The number of pyridine rings is 1. The van der Waals surface area contributed by atoms with E-state index in [-0.39, 0.29) is 12.1 Å². The first-order chi connectivity index (χ1) is 15.2. The standard InChI is InChI=1S/C24H21N3O2S2/c1-16-7-9-18(10-8-16)31-21-12-11-20(29-21)23-22(19-6-2-3-13-25-19)26-24(30)27(23)15-17-5-4-14-28-17/h2-14,22-23H,15H2,1H3,(H,26,30). The van der Waals surface area contributed by atoms with Crippen LogP contribution in [0.15, 0.2) is 98.0 Å². The highest BCUT2D eigenvalue weighted by atomic mass is 32.2. The topological polar surface area (TPSA) is 54.4 Å². The lowest BCUT2D eigenvalue weighted by molar-refractivity contribution is 0.241. The molecule has 1 aromatic carbocycles. The maximum atomic E-state index is 6.31. The number of thiocarbonyl (C=S) groups is 1. The van der Waals surface area contributed by atoms with Crippen LogP contribution >= 0.6 is 24.0 Å². The van der Waals surface area contributed by atoms with Gasteiger partial charge in [0.2, 0.25) is 0 Å². The number of aromatic nitrogens is 1. The van der Waals surface area contributed by atoms with E-state index in [0.717, 1.165) is 27.2 Å². The summed E-state index contributed by atoms with van der Waals surface area (Å²) in [5, 5.41) is 4.93. The molecular weight excluding hydrogens is 426 g/mol. The molecule has 1 fully saturated rings. The molecule has 2 unspecified atom stereocenters. The van der Waals surface area contributed by atoms with E-state index >= 15 is 0 Å². The number of hydrogen-bond donors (Lipinski definition) is 1. The smallest absolute Gasteiger partial charge is 0.170 e. The van der Waals surface area contributed by atoms with Gasteiger partial charge in [-0.25, -0.2) is 0 Å². The molecule has 1 saturated heterocycles. The van der Waals surface area contributed by atoms with E-state index in [0.29, 0.717) is 11.7 Å². The third kappa shape index (κ3) is 4.24. The second-order valence-electron chi connectivity index (χ2n) is 7.41. The third-order valence-electron chi connectivity index (χ3n) is 5.24. The van der Waals surface area contributed by atoms with Crippen LogP contribution in [-0.2, 0) is 6.54 Å². The average Bonchev–Trinajstić information content (AvgIpc) is 3.52. The van der Waals surface area contributed by atoms with E-state index in [2.05, 4.69) is 46.4 Å². The molecule has 0 amide bonds. The SMILES string of the molecule is Cc1ccc(Sc2ccc(C3C(c4ccccn4)NC(=S)N3Cc3ccco3)o2)cc1. The van der Waals surface area contributed by atoms with Crippen molar-refractivity contribution in [1.29, 1.82) is 0 Å². The van der Waals surface area contributed by atoms with Gasteiger partial charge in [0, 0.05) is 11.1 Å². The molecule has 31 heavy (non-hydrogen) atoms. The molecule has 0 radical (unpaired) electrons. The maximum Gasteiger partial charge on any atom is 0.170 e. The highest BCUT2D eigenvalue weighted by Crippen LogP contribution is 2.41. The molecule has 3 aromatic heterocycles. The van der Waals surface area contributed by atoms with Crippen LogP contribution in [0.2, 0.25) is 0 Å². The molecule has 0 spiro atoms. The number of benzene rings is 1.